The maximum absolute atomic E-state index is 13.0. The first-order chi connectivity index (χ1) is 13.4. The highest BCUT2D eigenvalue weighted by Crippen LogP contribution is 2.32. The van der Waals surface area contributed by atoms with Gasteiger partial charge >= 0.3 is 0 Å². The van der Waals surface area contributed by atoms with Gasteiger partial charge in [0.05, 0.1) is 5.02 Å². The van der Waals surface area contributed by atoms with Gasteiger partial charge in [0.2, 0.25) is 21.8 Å². The van der Waals surface area contributed by atoms with Gasteiger partial charge in [0, 0.05) is 24.2 Å². The Morgan fingerprint density at radius 3 is 2.32 bits per heavy atom. The number of hydrogen-bond acceptors (Lipinski definition) is 5. The zero-order valence-corrected chi connectivity index (χ0v) is 17.0. The first kappa shape index (κ1) is 19.1. The molecular formula is C20H20ClN3O3S. The smallest absolute Gasteiger partial charge is 0.248 e. The number of aryl methyl sites for hydroxylation is 1. The Morgan fingerprint density at radius 1 is 0.964 bits per heavy atom. The lowest BCUT2D eigenvalue weighted by atomic mass is 10.1. The van der Waals surface area contributed by atoms with Gasteiger partial charge in [-0.3, -0.25) is 0 Å². The Kier molecular flexibility index (Phi) is 5.23. The van der Waals surface area contributed by atoms with Gasteiger partial charge in [0.1, 0.15) is 4.90 Å². The van der Waals surface area contributed by atoms with Gasteiger partial charge in [-0.15, -0.1) is 10.2 Å². The lowest BCUT2D eigenvalue weighted by Gasteiger charge is -2.26. The third kappa shape index (κ3) is 3.70. The average molecular weight is 418 g/mol. The Bertz CT molecular complexity index is 1110. The summed E-state index contributed by atoms with van der Waals surface area (Å²) in [5.41, 5.74) is 2.42. The molecule has 1 aromatic heterocycles. The maximum atomic E-state index is 13.0. The number of benzene rings is 2. The van der Waals surface area contributed by atoms with Crippen molar-refractivity contribution in [2.24, 2.45) is 0 Å². The molecule has 4 rings (SSSR count). The van der Waals surface area contributed by atoms with Gasteiger partial charge in [-0.2, -0.15) is 4.31 Å². The summed E-state index contributed by atoms with van der Waals surface area (Å²) in [6.07, 6.45) is 2.77. The highest BCUT2D eigenvalue weighted by molar-refractivity contribution is 7.89. The van der Waals surface area contributed by atoms with Crippen molar-refractivity contribution in [1.29, 1.82) is 0 Å². The molecule has 0 atom stereocenters. The molecule has 1 aliphatic rings. The first-order valence-electron chi connectivity index (χ1n) is 9.16. The van der Waals surface area contributed by atoms with Crippen molar-refractivity contribution in [2.45, 2.75) is 31.1 Å². The first-order valence-corrected chi connectivity index (χ1v) is 11.0. The molecule has 2 aromatic carbocycles. The monoisotopic (exact) mass is 417 g/mol. The van der Waals surface area contributed by atoms with Crippen molar-refractivity contribution in [3.63, 3.8) is 0 Å². The third-order valence-electron chi connectivity index (χ3n) is 4.80. The summed E-state index contributed by atoms with van der Waals surface area (Å²) in [4.78, 5) is 0.0730. The van der Waals surface area contributed by atoms with Crippen LogP contribution in [0.2, 0.25) is 5.02 Å². The number of halogens is 1. The van der Waals surface area contributed by atoms with Crippen LogP contribution in [0.5, 0.6) is 0 Å². The van der Waals surface area contributed by atoms with Crippen LogP contribution in [-0.2, 0) is 10.0 Å². The van der Waals surface area contributed by atoms with Crippen molar-refractivity contribution in [3.8, 4) is 22.9 Å². The summed E-state index contributed by atoms with van der Waals surface area (Å²) in [7, 11) is -3.66. The summed E-state index contributed by atoms with van der Waals surface area (Å²) >= 11 is 6.23. The van der Waals surface area contributed by atoms with E-state index in [2.05, 4.69) is 10.2 Å². The van der Waals surface area contributed by atoms with Crippen LogP contribution in [-0.4, -0.2) is 36.0 Å². The molecule has 1 aliphatic heterocycles. The van der Waals surface area contributed by atoms with Crippen LogP contribution >= 0.6 is 11.6 Å². The number of rotatable bonds is 4. The van der Waals surface area contributed by atoms with E-state index in [1.165, 1.54) is 10.4 Å². The Hall–Kier alpha value is -2.22. The molecule has 0 unspecified atom stereocenters. The molecule has 0 radical (unpaired) electrons. The van der Waals surface area contributed by atoms with E-state index >= 15 is 0 Å². The summed E-state index contributed by atoms with van der Waals surface area (Å²) in [6.45, 7) is 3.01. The Labute approximate surface area is 169 Å². The number of hydrogen-bond donors (Lipinski definition) is 0. The molecule has 28 heavy (non-hydrogen) atoms. The van der Waals surface area contributed by atoms with Crippen molar-refractivity contribution in [3.05, 3.63) is 53.1 Å². The summed E-state index contributed by atoms with van der Waals surface area (Å²) in [5, 5.41) is 8.38. The summed E-state index contributed by atoms with van der Waals surface area (Å²) < 4.78 is 33.3. The molecule has 3 aromatic rings. The van der Waals surface area contributed by atoms with Crippen LogP contribution in [0, 0.1) is 6.92 Å². The number of nitrogens with zero attached hydrogens (tertiary/aromatic N) is 3. The Balaban J connectivity index is 1.70. The fourth-order valence-electron chi connectivity index (χ4n) is 3.31. The molecule has 1 saturated heterocycles. The zero-order chi connectivity index (χ0) is 19.7. The normalized spacial score (nSPS) is 15.6. The van der Waals surface area contributed by atoms with Crippen molar-refractivity contribution in [2.75, 3.05) is 13.1 Å². The molecule has 0 aliphatic carbocycles. The number of aromatic nitrogens is 2. The highest BCUT2D eigenvalue weighted by atomic mass is 35.5. The van der Waals surface area contributed by atoms with E-state index in [9.17, 15) is 8.42 Å². The van der Waals surface area contributed by atoms with Crippen LogP contribution in [0.3, 0.4) is 0 Å². The van der Waals surface area contributed by atoms with Gasteiger partial charge < -0.3 is 4.42 Å². The predicted molar refractivity (Wildman–Crippen MR) is 108 cm³/mol. The molecular weight excluding hydrogens is 398 g/mol. The largest absolute Gasteiger partial charge is 0.416 e. The molecule has 0 N–H and O–H groups in total. The second-order valence-electron chi connectivity index (χ2n) is 6.89. The minimum Gasteiger partial charge on any atom is -0.416 e. The summed E-state index contributed by atoms with van der Waals surface area (Å²) in [5.74, 6) is 0.636. The minimum absolute atomic E-state index is 0.0730. The minimum atomic E-state index is -3.66. The SMILES string of the molecule is Cc1cccc(-c2nnc(-c3ccc(Cl)c(S(=O)(=O)N4CCCCC4)c3)o2)c1. The molecule has 0 saturated carbocycles. The predicted octanol–water partition coefficient (Wildman–Crippen LogP) is 4.54. The summed E-state index contributed by atoms with van der Waals surface area (Å²) in [6, 6.07) is 12.5. The molecule has 2 heterocycles. The van der Waals surface area contributed by atoms with Gasteiger partial charge in [-0.05, 0) is 50.1 Å². The van der Waals surface area contributed by atoms with Crippen LogP contribution in [0.4, 0.5) is 0 Å². The molecule has 0 spiro atoms. The highest BCUT2D eigenvalue weighted by Gasteiger charge is 2.28. The molecule has 0 bridgehead atoms. The second-order valence-corrected chi connectivity index (χ2v) is 9.21. The van der Waals surface area contributed by atoms with Gasteiger partial charge in [0.15, 0.2) is 0 Å². The van der Waals surface area contributed by atoms with Crippen molar-refractivity contribution >= 4 is 21.6 Å². The van der Waals surface area contributed by atoms with E-state index < -0.39 is 10.0 Å². The van der Waals surface area contributed by atoms with E-state index in [-0.39, 0.29) is 15.8 Å². The zero-order valence-electron chi connectivity index (χ0n) is 15.4. The molecule has 1 fully saturated rings. The van der Waals surface area contributed by atoms with E-state index in [0.717, 1.165) is 30.4 Å². The quantitative estimate of drug-likeness (QED) is 0.622. The van der Waals surface area contributed by atoms with E-state index in [1.807, 2.05) is 31.2 Å². The second kappa shape index (κ2) is 7.66. The molecule has 6 nitrogen and oxygen atoms in total. The molecule has 146 valence electrons. The molecule has 8 heteroatoms. The number of piperidine rings is 1. The fraction of sp³-hybridized carbons (Fsp3) is 0.300. The number of sulfonamides is 1. The van der Waals surface area contributed by atoms with E-state index in [0.29, 0.717) is 24.5 Å². The van der Waals surface area contributed by atoms with E-state index in [1.54, 1.807) is 12.1 Å². The topological polar surface area (TPSA) is 76.3 Å². The van der Waals surface area contributed by atoms with Gasteiger partial charge in [-0.25, -0.2) is 8.42 Å². The van der Waals surface area contributed by atoms with Gasteiger partial charge in [0.25, 0.3) is 0 Å². The van der Waals surface area contributed by atoms with Crippen LogP contribution in [0.25, 0.3) is 22.9 Å². The van der Waals surface area contributed by atoms with Crippen molar-refractivity contribution in [1.82, 2.24) is 14.5 Å². The molecule has 0 amide bonds. The third-order valence-corrected chi connectivity index (χ3v) is 7.18. The van der Waals surface area contributed by atoms with E-state index in [4.69, 9.17) is 16.0 Å². The lowest BCUT2D eigenvalue weighted by molar-refractivity contribution is 0.346. The maximum Gasteiger partial charge on any atom is 0.248 e. The van der Waals surface area contributed by atoms with Crippen molar-refractivity contribution < 1.29 is 12.8 Å². The lowest BCUT2D eigenvalue weighted by Crippen LogP contribution is -2.35. The Morgan fingerprint density at radius 2 is 1.64 bits per heavy atom. The van der Waals surface area contributed by atoms with Crippen LogP contribution in [0.15, 0.2) is 51.8 Å². The average Bonchev–Trinajstić information content (AvgIpc) is 3.19. The van der Waals surface area contributed by atoms with Crippen LogP contribution in [0.1, 0.15) is 24.8 Å². The van der Waals surface area contributed by atoms with Gasteiger partial charge in [-0.1, -0.05) is 35.7 Å². The van der Waals surface area contributed by atoms with Crippen LogP contribution < -0.4 is 0 Å². The standard InChI is InChI=1S/C20H20ClN3O3S/c1-14-6-5-7-15(12-14)19-22-23-20(27-19)16-8-9-17(21)18(13-16)28(25,26)24-10-3-2-4-11-24/h5-9,12-13H,2-4,10-11H2,1H3. The fourth-order valence-corrected chi connectivity index (χ4v) is 5.33.